The smallest absolute Gasteiger partial charge is 0.0178 e. The van der Waals surface area contributed by atoms with E-state index >= 15 is 0 Å². The average Bonchev–Trinajstić information content (AvgIpc) is 2.37. The molecule has 0 saturated carbocycles. The molecule has 0 N–H and O–H groups in total. The highest BCUT2D eigenvalue weighted by Gasteiger charge is 2.16. The van der Waals surface area contributed by atoms with Crippen LogP contribution in [0.1, 0.15) is 35.1 Å². The summed E-state index contributed by atoms with van der Waals surface area (Å²) in [5.41, 5.74) is 6.08. The first kappa shape index (κ1) is 12.0. The van der Waals surface area contributed by atoms with Crippen molar-refractivity contribution in [3.63, 3.8) is 0 Å². The Hall–Kier alpha value is -1.08. The highest BCUT2D eigenvalue weighted by atomic mass is 79.9. The minimum Gasteiger partial charge on any atom is -0.0620 e. The van der Waals surface area contributed by atoms with Gasteiger partial charge in [0.1, 0.15) is 0 Å². The highest BCUT2D eigenvalue weighted by Crippen LogP contribution is 2.30. The van der Waals surface area contributed by atoms with Gasteiger partial charge < -0.3 is 0 Å². The zero-order valence-electron chi connectivity index (χ0n) is 10.6. The van der Waals surface area contributed by atoms with Gasteiger partial charge in [-0.05, 0) is 59.6 Å². The number of hydrogen-bond acceptors (Lipinski definition) is 0. The Kier molecular flexibility index (Phi) is 3.25. The largest absolute Gasteiger partial charge is 0.0620 e. The van der Waals surface area contributed by atoms with E-state index in [0.717, 1.165) is 19.3 Å². The maximum Gasteiger partial charge on any atom is 0.0178 e. The average molecular weight is 301 g/mol. The van der Waals surface area contributed by atoms with Gasteiger partial charge in [-0.1, -0.05) is 53.2 Å². The van der Waals surface area contributed by atoms with Gasteiger partial charge in [0.05, 0.1) is 0 Å². The molecule has 0 saturated heterocycles. The molecular formula is C17H17Br. The normalized spacial score (nSPS) is 18.4. The molecule has 0 heterocycles. The Morgan fingerprint density at radius 1 is 0.944 bits per heavy atom. The summed E-state index contributed by atoms with van der Waals surface area (Å²) in [6.45, 7) is 2.34. The Balaban J connectivity index is 2.03. The SMILES string of the molecule is CC1Cc2ccc(Br)cc2CCc2ccccc21. The van der Waals surface area contributed by atoms with Gasteiger partial charge in [-0.15, -0.1) is 0 Å². The predicted octanol–water partition coefficient (Wildman–Crippen LogP) is 4.89. The summed E-state index contributed by atoms with van der Waals surface area (Å²) in [5, 5.41) is 0. The predicted molar refractivity (Wildman–Crippen MR) is 80.1 cm³/mol. The quantitative estimate of drug-likeness (QED) is 0.649. The van der Waals surface area contributed by atoms with E-state index in [1.807, 2.05) is 0 Å². The van der Waals surface area contributed by atoms with E-state index in [0.29, 0.717) is 5.92 Å². The second kappa shape index (κ2) is 4.89. The molecule has 0 bridgehead atoms. The monoisotopic (exact) mass is 300 g/mol. The molecule has 0 nitrogen and oxygen atoms in total. The summed E-state index contributed by atoms with van der Waals surface area (Å²) < 4.78 is 1.20. The van der Waals surface area contributed by atoms with Crippen molar-refractivity contribution in [2.45, 2.75) is 32.1 Å². The molecule has 0 amide bonds. The zero-order chi connectivity index (χ0) is 12.5. The van der Waals surface area contributed by atoms with E-state index in [1.54, 1.807) is 0 Å². The van der Waals surface area contributed by atoms with Crippen LogP contribution in [-0.4, -0.2) is 0 Å². The van der Waals surface area contributed by atoms with Crippen LogP contribution >= 0.6 is 15.9 Å². The van der Waals surface area contributed by atoms with Crippen molar-refractivity contribution in [3.8, 4) is 0 Å². The molecular weight excluding hydrogens is 284 g/mol. The van der Waals surface area contributed by atoms with Gasteiger partial charge in [-0.25, -0.2) is 0 Å². The Bertz CT molecular complexity index is 572. The number of benzene rings is 2. The van der Waals surface area contributed by atoms with Gasteiger partial charge in [0.15, 0.2) is 0 Å². The Morgan fingerprint density at radius 2 is 1.72 bits per heavy atom. The fourth-order valence-corrected chi connectivity index (χ4v) is 3.39. The molecule has 1 unspecified atom stereocenters. The van der Waals surface area contributed by atoms with Crippen LogP contribution in [0.25, 0.3) is 0 Å². The fraction of sp³-hybridized carbons (Fsp3) is 0.294. The lowest BCUT2D eigenvalue weighted by molar-refractivity contribution is 0.717. The lowest BCUT2D eigenvalue weighted by atomic mass is 9.83. The summed E-state index contributed by atoms with van der Waals surface area (Å²) in [7, 11) is 0. The van der Waals surface area contributed by atoms with E-state index in [9.17, 15) is 0 Å². The van der Waals surface area contributed by atoms with Crippen LogP contribution < -0.4 is 0 Å². The van der Waals surface area contributed by atoms with Crippen molar-refractivity contribution in [1.29, 1.82) is 0 Å². The van der Waals surface area contributed by atoms with E-state index in [2.05, 4.69) is 65.3 Å². The summed E-state index contributed by atoms with van der Waals surface area (Å²) in [5.74, 6) is 0.612. The molecule has 0 aliphatic heterocycles. The summed E-state index contributed by atoms with van der Waals surface area (Å²) >= 11 is 3.58. The highest BCUT2D eigenvalue weighted by molar-refractivity contribution is 9.10. The van der Waals surface area contributed by atoms with Crippen molar-refractivity contribution in [2.75, 3.05) is 0 Å². The van der Waals surface area contributed by atoms with E-state index in [-0.39, 0.29) is 0 Å². The van der Waals surface area contributed by atoms with Crippen LogP contribution in [0.3, 0.4) is 0 Å². The molecule has 1 atom stereocenters. The summed E-state index contributed by atoms with van der Waals surface area (Å²) in [6, 6.07) is 15.6. The van der Waals surface area contributed by atoms with Crippen LogP contribution in [0.5, 0.6) is 0 Å². The third-order valence-corrected chi connectivity index (χ3v) is 4.44. The van der Waals surface area contributed by atoms with Gasteiger partial charge in [0, 0.05) is 4.47 Å². The van der Waals surface area contributed by atoms with Gasteiger partial charge in [0.25, 0.3) is 0 Å². The number of fused-ring (bicyclic) bond motifs is 2. The third-order valence-electron chi connectivity index (χ3n) is 3.94. The van der Waals surface area contributed by atoms with Gasteiger partial charge in [0.2, 0.25) is 0 Å². The van der Waals surface area contributed by atoms with Crippen molar-refractivity contribution in [3.05, 3.63) is 69.2 Å². The fourth-order valence-electron chi connectivity index (χ4n) is 2.98. The topological polar surface area (TPSA) is 0 Å². The second-order valence-corrected chi connectivity index (χ2v) is 6.13. The zero-order valence-corrected chi connectivity index (χ0v) is 12.2. The number of halogens is 1. The molecule has 92 valence electrons. The summed E-state index contributed by atoms with van der Waals surface area (Å²) in [4.78, 5) is 0. The first-order chi connectivity index (χ1) is 8.74. The molecule has 1 aliphatic rings. The van der Waals surface area contributed by atoms with Crippen molar-refractivity contribution >= 4 is 15.9 Å². The maximum atomic E-state index is 3.58. The van der Waals surface area contributed by atoms with Crippen LogP contribution in [0.2, 0.25) is 0 Å². The Labute approximate surface area is 117 Å². The molecule has 3 rings (SSSR count). The molecule has 0 aromatic heterocycles. The molecule has 2 aromatic rings. The molecule has 0 spiro atoms. The van der Waals surface area contributed by atoms with Crippen LogP contribution in [0.4, 0.5) is 0 Å². The second-order valence-electron chi connectivity index (χ2n) is 5.22. The molecule has 18 heavy (non-hydrogen) atoms. The first-order valence-electron chi connectivity index (χ1n) is 6.59. The van der Waals surface area contributed by atoms with Gasteiger partial charge in [-0.3, -0.25) is 0 Å². The van der Waals surface area contributed by atoms with Gasteiger partial charge >= 0.3 is 0 Å². The Morgan fingerprint density at radius 3 is 2.61 bits per heavy atom. The molecule has 1 aliphatic carbocycles. The molecule has 1 heteroatoms. The molecule has 0 fully saturated rings. The van der Waals surface area contributed by atoms with Crippen molar-refractivity contribution < 1.29 is 0 Å². The number of rotatable bonds is 0. The third kappa shape index (κ3) is 2.24. The molecule has 2 aromatic carbocycles. The number of hydrogen-bond donors (Lipinski definition) is 0. The lowest BCUT2D eigenvalue weighted by Gasteiger charge is -2.22. The summed E-state index contributed by atoms with van der Waals surface area (Å²) in [6.07, 6.45) is 3.46. The van der Waals surface area contributed by atoms with E-state index in [4.69, 9.17) is 0 Å². The van der Waals surface area contributed by atoms with Gasteiger partial charge in [-0.2, -0.15) is 0 Å². The van der Waals surface area contributed by atoms with E-state index in [1.165, 1.54) is 26.7 Å². The maximum absolute atomic E-state index is 3.58. The minimum atomic E-state index is 0.612. The first-order valence-corrected chi connectivity index (χ1v) is 7.38. The van der Waals surface area contributed by atoms with E-state index < -0.39 is 0 Å². The standard InChI is InChI=1S/C17H17Br/c1-12-10-14-8-9-16(18)11-15(14)7-6-13-4-2-3-5-17(12)13/h2-5,8-9,11-12H,6-7,10H2,1H3. The van der Waals surface area contributed by atoms with Crippen LogP contribution in [-0.2, 0) is 19.3 Å². The number of aryl methyl sites for hydroxylation is 2. The van der Waals surface area contributed by atoms with Crippen molar-refractivity contribution in [2.24, 2.45) is 0 Å². The van der Waals surface area contributed by atoms with Crippen LogP contribution in [0.15, 0.2) is 46.9 Å². The van der Waals surface area contributed by atoms with Crippen molar-refractivity contribution in [1.82, 2.24) is 0 Å². The lowest BCUT2D eigenvalue weighted by Crippen LogP contribution is -2.10. The van der Waals surface area contributed by atoms with Crippen LogP contribution in [0, 0.1) is 0 Å². The molecule has 0 radical (unpaired) electrons. The minimum absolute atomic E-state index is 0.612.